The predicted octanol–water partition coefficient (Wildman–Crippen LogP) is 0.461. The molecule has 0 radical (unpaired) electrons. The summed E-state index contributed by atoms with van der Waals surface area (Å²) in [7, 11) is 0. The minimum absolute atomic E-state index is 0.377. The van der Waals surface area contributed by atoms with Gasteiger partial charge in [0.1, 0.15) is 6.04 Å². The second-order valence-electron chi connectivity index (χ2n) is 3.20. The zero-order valence-corrected chi connectivity index (χ0v) is 7.62. The molecule has 0 saturated heterocycles. The highest BCUT2D eigenvalue weighted by atomic mass is 16.5. The van der Waals surface area contributed by atoms with Crippen LogP contribution >= 0.6 is 0 Å². The van der Waals surface area contributed by atoms with Gasteiger partial charge in [-0.25, -0.2) is 0 Å². The molecule has 0 saturated carbocycles. The third-order valence-corrected chi connectivity index (χ3v) is 1.34. The van der Waals surface area contributed by atoms with Gasteiger partial charge in [-0.05, 0) is 12.3 Å². The number of rotatable bonds is 6. The number of aliphatic carboxylic acids is 1. The number of carboxylic acid groups (broad SMARTS) is 1. The Morgan fingerprint density at radius 1 is 1.58 bits per heavy atom. The van der Waals surface area contributed by atoms with Gasteiger partial charge in [0.15, 0.2) is 0 Å². The van der Waals surface area contributed by atoms with Crippen molar-refractivity contribution in [2.45, 2.75) is 26.3 Å². The van der Waals surface area contributed by atoms with Crippen LogP contribution in [0.15, 0.2) is 0 Å². The first-order valence-corrected chi connectivity index (χ1v) is 4.10. The second kappa shape index (κ2) is 5.97. The molecule has 0 amide bonds. The van der Waals surface area contributed by atoms with Crippen molar-refractivity contribution in [1.29, 1.82) is 0 Å². The standard InChI is InChI=1S/C8H17NO3/c1-6(2)5-12-4-3-7(9)8(10)11/h6-7H,3-5,9H2,1-2H3,(H,10,11). The smallest absolute Gasteiger partial charge is 0.320 e. The van der Waals surface area contributed by atoms with Gasteiger partial charge >= 0.3 is 5.97 Å². The second-order valence-corrected chi connectivity index (χ2v) is 3.20. The number of hydrogen-bond acceptors (Lipinski definition) is 3. The number of carbonyl (C=O) groups is 1. The summed E-state index contributed by atoms with van der Waals surface area (Å²) in [5.41, 5.74) is 5.25. The molecule has 0 aromatic carbocycles. The van der Waals surface area contributed by atoms with E-state index >= 15 is 0 Å². The summed E-state index contributed by atoms with van der Waals surface area (Å²) in [5, 5.41) is 8.41. The fourth-order valence-corrected chi connectivity index (χ4v) is 0.653. The van der Waals surface area contributed by atoms with E-state index in [0.29, 0.717) is 25.6 Å². The molecule has 0 aliphatic carbocycles. The van der Waals surface area contributed by atoms with E-state index in [1.54, 1.807) is 0 Å². The SMILES string of the molecule is CC(C)COCCC(N)C(=O)O. The Kier molecular flexibility index (Phi) is 5.66. The van der Waals surface area contributed by atoms with E-state index in [4.69, 9.17) is 15.6 Å². The molecule has 72 valence electrons. The van der Waals surface area contributed by atoms with Crippen molar-refractivity contribution >= 4 is 5.97 Å². The van der Waals surface area contributed by atoms with Gasteiger partial charge in [-0.2, -0.15) is 0 Å². The van der Waals surface area contributed by atoms with Gasteiger partial charge in [-0.15, -0.1) is 0 Å². The van der Waals surface area contributed by atoms with Crippen LogP contribution in [0.3, 0.4) is 0 Å². The molecule has 0 aliphatic heterocycles. The van der Waals surface area contributed by atoms with Gasteiger partial charge in [0.05, 0.1) is 0 Å². The number of carboxylic acids is 1. The van der Waals surface area contributed by atoms with Gasteiger partial charge in [-0.3, -0.25) is 4.79 Å². The lowest BCUT2D eigenvalue weighted by molar-refractivity contribution is -0.139. The lowest BCUT2D eigenvalue weighted by Crippen LogP contribution is -2.31. The minimum atomic E-state index is -0.969. The van der Waals surface area contributed by atoms with Crippen LogP contribution in [0.1, 0.15) is 20.3 Å². The average Bonchev–Trinajstić information content (AvgIpc) is 1.97. The van der Waals surface area contributed by atoms with E-state index in [2.05, 4.69) is 0 Å². The Balaban J connectivity index is 3.25. The third kappa shape index (κ3) is 6.12. The summed E-state index contributed by atoms with van der Waals surface area (Å²) in [6, 6.07) is -0.794. The van der Waals surface area contributed by atoms with Crippen LogP contribution in [-0.4, -0.2) is 30.3 Å². The molecule has 1 atom stereocenters. The number of ether oxygens (including phenoxy) is 1. The molecule has 0 rings (SSSR count). The largest absolute Gasteiger partial charge is 0.480 e. The van der Waals surface area contributed by atoms with Crippen molar-refractivity contribution in [2.75, 3.05) is 13.2 Å². The van der Waals surface area contributed by atoms with Crippen LogP contribution in [0.2, 0.25) is 0 Å². The van der Waals surface area contributed by atoms with Crippen LogP contribution in [0.25, 0.3) is 0 Å². The highest BCUT2D eigenvalue weighted by molar-refractivity contribution is 5.72. The Labute approximate surface area is 72.7 Å². The summed E-state index contributed by atoms with van der Waals surface area (Å²) in [6.45, 7) is 5.16. The third-order valence-electron chi connectivity index (χ3n) is 1.34. The maximum absolute atomic E-state index is 10.2. The van der Waals surface area contributed by atoms with Crippen molar-refractivity contribution in [3.8, 4) is 0 Å². The monoisotopic (exact) mass is 175 g/mol. The molecular formula is C8H17NO3. The Morgan fingerprint density at radius 3 is 2.58 bits per heavy atom. The fourth-order valence-electron chi connectivity index (χ4n) is 0.653. The molecule has 0 aromatic heterocycles. The molecule has 4 heteroatoms. The van der Waals surface area contributed by atoms with Crippen molar-refractivity contribution in [1.82, 2.24) is 0 Å². The summed E-state index contributed by atoms with van der Waals surface area (Å²) in [6.07, 6.45) is 0.377. The molecule has 3 N–H and O–H groups in total. The van der Waals surface area contributed by atoms with Crippen molar-refractivity contribution in [3.05, 3.63) is 0 Å². The summed E-state index contributed by atoms with van der Waals surface area (Å²) < 4.78 is 5.17. The molecule has 12 heavy (non-hydrogen) atoms. The summed E-state index contributed by atoms with van der Waals surface area (Å²) in [4.78, 5) is 10.2. The first kappa shape index (κ1) is 11.4. The van der Waals surface area contributed by atoms with Gasteiger partial charge in [-0.1, -0.05) is 13.8 Å². The molecular weight excluding hydrogens is 158 g/mol. The molecule has 0 spiro atoms. The average molecular weight is 175 g/mol. The zero-order valence-electron chi connectivity index (χ0n) is 7.62. The maximum Gasteiger partial charge on any atom is 0.320 e. The lowest BCUT2D eigenvalue weighted by Gasteiger charge is -2.08. The van der Waals surface area contributed by atoms with Crippen LogP contribution in [0.5, 0.6) is 0 Å². The normalized spacial score (nSPS) is 13.3. The Hall–Kier alpha value is -0.610. The van der Waals surface area contributed by atoms with E-state index in [0.717, 1.165) is 0 Å². The molecule has 0 bridgehead atoms. The van der Waals surface area contributed by atoms with E-state index in [-0.39, 0.29) is 0 Å². The fraction of sp³-hybridized carbons (Fsp3) is 0.875. The van der Waals surface area contributed by atoms with Crippen molar-refractivity contribution in [3.63, 3.8) is 0 Å². The molecule has 0 aromatic rings. The van der Waals surface area contributed by atoms with E-state index in [1.165, 1.54) is 0 Å². The van der Waals surface area contributed by atoms with Crippen LogP contribution in [-0.2, 0) is 9.53 Å². The van der Waals surface area contributed by atoms with E-state index in [1.807, 2.05) is 13.8 Å². The highest BCUT2D eigenvalue weighted by Crippen LogP contribution is 1.95. The van der Waals surface area contributed by atoms with Crippen molar-refractivity contribution in [2.24, 2.45) is 11.7 Å². The minimum Gasteiger partial charge on any atom is -0.480 e. The maximum atomic E-state index is 10.2. The van der Waals surface area contributed by atoms with Gasteiger partial charge < -0.3 is 15.6 Å². The zero-order chi connectivity index (χ0) is 9.56. The molecule has 0 fully saturated rings. The molecule has 1 unspecified atom stereocenters. The number of nitrogens with two attached hydrogens (primary N) is 1. The summed E-state index contributed by atoms with van der Waals surface area (Å²) in [5.74, 6) is -0.491. The summed E-state index contributed by atoms with van der Waals surface area (Å²) >= 11 is 0. The van der Waals surface area contributed by atoms with E-state index in [9.17, 15) is 4.79 Å². The first-order valence-electron chi connectivity index (χ1n) is 4.10. The lowest BCUT2D eigenvalue weighted by atomic mass is 10.2. The van der Waals surface area contributed by atoms with Gasteiger partial charge in [0.2, 0.25) is 0 Å². The first-order chi connectivity index (χ1) is 5.54. The Morgan fingerprint density at radius 2 is 2.17 bits per heavy atom. The molecule has 4 nitrogen and oxygen atoms in total. The molecule has 0 aliphatic rings. The van der Waals surface area contributed by atoms with Gasteiger partial charge in [0.25, 0.3) is 0 Å². The Bertz CT molecular complexity index is 136. The van der Waals surface area contributed by atoms with E-state index < -0.39 is 12.0 Å². The highest BCUT2D eigenvalue weighted by Gasteiger charge is 2.10. The van der Waals surface area contributed by atoms with Crippen LogP contribution < -0.4 is 5.73 Å². The predicted molar refractivity (Wildman–Crippen MR) is 45.9 cm³/mol. The van der Waals surface area contributed by atoms with Crippen LogP contribution in [0.4, 0.5) is 0 Å². The number of hydrogen-bond donors (Lipinski definition) is 2. The molecule has 0 heterocycles. The topological polar surface area (TPSA) is 72.5 Å². The quantitative estimate of drug-likeness (QED) is 0.575. The van der Waals surface area contributed by atoms with Crippen LogP contribution in [0, 0.1) is 5.92 Å². The van der Waals surface area contributed by atoms with Crippen molar-refractivity contribution < 1.29 is 14.6 Å². The van der Waals surface area contributed by atoms with Gasteiger partial charge in [0, 0.05) is 13.2 Å².